The lowest BCUT2D eigenvalue weighted by Gasteiger charge is -2.22. The summed E-state index contributed by atoms with van der Waals surface area (Å²) in [4.78, 5) is 27.6. The van der Waals surface area contributed by atoms with Gasteiger partial charge in [0.05, 0.1) is 0 Å². The molecule has 21 heavy (non-hydrogen) atoms. The first-order valence-electron chi connectivity index (χ1n) is 5.95. The minimum absolute atomic E-state index is 0.269. The molecule has 0 bridgehead atoms. The van der Waals surface area contributed by atoms with Gasteiger partial charge in [-0.3, -0.25) is 0 Å². The van der Waals surface area contributed by atoms with E-state index in [1.807, 2.05) is 0 Å². The zero-order valence-corrected chi connectivity index (χ0v) is 13.2. The summed E-state index contributed by atoms with van der Waals surface area (Å²) in [7, 11) is 0. The molecule has 112 valence electrons. The summed E-state index contributed by atoms with van der Waals surface area (Å²) in [5.74, 6) is -0.269. The number of imide groups is 1. The summed E-state index contributed by atoms with van der Waals surface area (Å²) in [5.41, 5.74) is -0.429. The Hall–Kier alpha value is -2.16. The van der Waals surface area contributed by atoms with E-state index >= 15 is 0 Å². The molecule has 8 nitrogen and oxygen atoms in total. The maximum atomic E-state index is 12.0. The van der Waals surface area contributed by atoms with E-state index in [4.69, 9.17) is 4.74 Å². The van der Waals surface area contributed by atoms with Gasteiger partial charge in [0.25, 0.3) is 5.95 Å². The molecule has 0 atom stereocenters. The number of hydrogen-bond acceptors (Lipinski definition) is 5. The Labute approximate surface area is 128 Å². The number of fused-ring (bicyclic) bond motifs is 1. The van der Waals surface area contributed by atoms with E-state index in [0.717, 1.165) is 4.47 Å². The lowest BCUT2D eigenvalue weighted by Crippen LogP contribution is -2.40. The second kappa shape index (κ2) is 5.32. The van der Waals surface area contributed by atoms with Crippen molar-refractivity contribution >= 4 is 39.7 Å². The van der Waals surface area contributed by atoms with Crippen molar-refractivity contribution in [1.29, 1.82) is 0 Å². The van der Waals surface area contributed by atoms with Gasteiger partial charge in [0.2, 0.25) is 0 Å². The maximum absolute atomic E-state index is 12.0. The second-order valence-electron chi connectivity index (χ2n) is 5.16. The van der Waals surface area contributed by atoms with Crippen molar-refractivity contribution in [1.82, 2.24) is 14.6 Å². The van der Waals surface area contributed by atoms with Gasteiger partial charge in [-0.1, -0.05) is 15.9 Å². The Morgan fingerprint density at radius 2 is 2.10 bits per heavy atom. The van der Waals surface area contributed by atoms with Gasteiger partial charge in [0, 0.05) is 10.7 Å². The molecule has 1 N–H and O–H groups in total. The number of nitrogens with zero attached hydrogens (tertiary/aromatic N) is 4. The normalized spacial score (nSPS) is 11.4. The van der Waals surface area contributed by atoms with E-state index < -0.39 is 17.8 Å². The van der Waals surface area contributed by atoms with E-state index in [9.17, 15) is 14.7 Å². The van der Waals surface area contributed by atoms with Crippen LogP contribution < -0.4 is 4.90 Å². The van der Waals surface area contributed by atoms with Crippen LogP contribution >= 0.6 is 15.9 Å². The van der Waals surface area contributed by atoms with Crippen molar-refractivity contribution in [3.63, 3.8) is 0 Å². The fourth-order valence-corrected chi connectivity index (χ4v) is 1.82. The lowest BCUT2D eigenvalue weighted by atomic mass is 10.2. The van der Waals surface area contributed by atoms with Crippen LogP contribution in [0.1, 0.15) is 20.8 Å². The van der Waals surface area contributed by atoms with Crippen molar-refractivity contribution in [3.8, 4) is 0 Å². The van der Waals surface area contributed by atoms with Crippen LogP contribution in [0.4, 0.5) is 15.5 Å². The molecule has 0 aromatic carbocycles. The second-order valence-corrected chi connectivity index (χ2v) is 6.07. The zero-order chi connectivity index (χ0) is 15.8. The van der Waals surface area contributed by atoms with E-state index in [2.05, 4.69) is 26.0 Å². The molecule has 0 fully saturated rings. The van der Waals surface area contributed by atoms with Crippen LogP contribution in [-0.2, 0) is 4.74 Å². The summed E-state index contributed by atoms with van der Waals surface area (Å²) >= 11 is 3.27. The molecule has 0 aliphatic carbocycles. The monoisotopic (exact) mass is 356 g/mol. The van der Waals surface area contributed by atoms with E-state index in [1.54, 1.807) is 39.1 Å². The molecule has 0 saturated heterocycles. The number of carbonyl (C=O) groups is 2. The van der Waals surface area contributed by atoms with Crippen molar-refractivity contribution in [2.45, 2.75) is 26.4 Å². The Balaban J connectivity index is 2.41. The van der Waals surface area contributed by atoms with Gasteiger partial charge in [-0.25, -0.2) is 14.1 Å². The topological polar surface area (TPSA) is 97.0 Å². The Bertz CT molecular complexity index is 707. The highest BCUT2D eigenvalue weighted by Gasteiger charge is 2.31. The van der Waals surface area contributed by atoms with Crippen LogP contribution in [0.25, 0.3) is 5.65 Å². The van der Waals surface area contributed by atoms with Crippen LogP contribution in [0.15, 0.2) is 22.8 Å². The number of halogens is 1. The first kappa shape index (κ1) is 15.2. The predicted octanol–water partition coefficient (Wildman–Crippen LogP) is 2.91. The largest absolute Gasteiger partial charge is 0.464 e. The highest BCUT2D eigenvalue weighted by molar-refractivity contribution is 9.10. The number of carboxylic acid groups (broad SMARTS) is 1. The molecule has 2 amide bonds. The van der Waals surface area contributed by atoms with Gasteiger partial charge < -0.3 is 9.84 Å². The SMILES string of the molecule is CC(C)(C)OC(=O)N(C(=O)O)c1nc2cc(Br)ccn2n1. The van der Waals surface area contributed by atoms with Crippen molar-refractivity contribution in [2.24, 2.45) is 0 Å². The summed E-state index contributed by atoms with van der Waals surface area (Å²) in [6.07, 6.45) is -0.977. The molecule has 0 saturated carbocycles. The molecule has 2 heterocycles. The zero-order valence-electron chi connectivity index (χ0n) is 11.6. The number of carbonyl (C=O) groups excluding carboxylic acids is 1. The maximum Gasteiger partial charge on any atom is 0.427 e. The smallest absolute Gasteiger partial charge is 0.427 e. The molecule has 2 aromatic heterocycles. The molecular weight excluding hydrogens is 344 g/mol. The Morgan fingerprint density at radius 3 is 2.67 bits per heavy atom. The highest BCUT2D eigenvalue weighted by atomic mass is 79.9. The fraction of sp³-hybridized carbons (Fsp3) is 0.333. The quantitative estimate of drug-likeness (QED) is 0.843. The molecule has 0 aliphatic heterocycles. The van der Waals surface area contributed by atoms with Crippen LogP contribution in [0.2, 0.25) is 0 Å². The third-order valence-corrected chi connectivity index (χ3v) is 2.75. The first-order valence-corrected chi connectivity index (χ1v) is 6.74. The van der Waals surface area contributed by atoms with E-state index in [0.29, 0.717) is 10.5 Å². The Kier molecular flexibility index (Phi) is 3.86. The number of aromatic nitrogens is 3. The fourth-order valence-electron chi connectivity index (χ4n) is 1.49. The average molecular weight is 357 g/mol. The van der Waals surface area contributed by atoms with Crippen LogP contribution in [0.5, 0.6) is 0 Å². The van der Waals surface area contributed by atoms with Gasteiger partial charge in [0.15, 0.2) is 5.65 Å². The van der Waals surface area contributed by atoms with Gasteiger partial charge in [-0.2, -0.15) is 4.98 Å². The highest BCUT2D eigenvalue weighted by Crippen LogP contribution is 2.18. The van der Waals surface area contributed by atoms with Crippen molar-refractivity contribution < 1.29 is 19.4 Å². The molecule has 0 unspecified atom stereocenters. The third kappa shape index (κ3) is 3.48. The number of amides is 2. The summed E-state index contributed by atoms with van der Waals surface area (Å²) in [6.45, 7) is 4.91. The first-order chi connectivity index (χ1) is 9.67. The van der Waals surface area contributed by atoms with Crippen molar-refractivity contribution in [3.05, 3.63) is 22.8 Å². The summed E-state index contributed by atoms with van der Waals surface area (Å²) in [5, 5.41) is 13.2. The number of ether oxygens (including phenoxy) is 1. The van der Waals surface area contributed by atoms with Crippen molar-refractivity contribution in [2.75, 3.05) is 4.90 Å². The molecule has 0 spiro atoms. The summed E-state index contributed by atoms with van der Waals surface area (Å²) in [6, 6.07) is 3.36. The molecule has 2 aromatic rings. The Morgan fingerprint density at radius 1 is 1.43 bits per heavy atom. The lowest BCUT2D eigenvalue weighted by molar-refractivity contribution is 0.0580. The summed E-state index contributed by atoms with van der Waals surface area (Å²) < 4.78 is 7.16. The van der Waals surface area contributed by atoms with Gasteiger partial charge >= 0.3 is 12.2 Å². The van der Waals surface area contributed by atoms with Gasteiger partial charge in [-0.15, -0.1) is 10.00 Å². The molecule has 9 heteroatoms. The number of pyridine rings is 1. The minimum atomic E-state index is -1.51. The molecule has 0 radical (unpaired) electrons. The third-order valence-electron chi connectivity index (χ3n) is 2.26. The standard InChI is InChI=1S/C12H13BrN4O4/c1-12(2,3)21-11(20)17(10(18)19)9-14-8-6-7(13)4-5-16(8)15-9/h4-6H,1-3H3,(H,18,19). The van der Waals surface area contributed by atoms with Crippen LogP contribution in [-0.4, -0.2) is 37.5 Å². The number of rotatable bonds is 1. The predicted molar refractivity (Wildman–Crippen MR) is 77.4 cm³/mol. The molecular formula is C12H13BrN4O4. The van der Waals surface area contributed by atoms with Gasteiger partial charge in [-0.05, 0) is 32.9 Å². The number of anilines is 1. The average Bonchev–Trinajstić information content (AvgIpc) is 2.67. The molecule has 2 rings (SSSR count). The minimum Gasteiger partial charge on any atom is -0.464 e. The van der Waals surface area contributed by atoms with Gasteiger partial charge in [0.1, 0.15) is 5.60 Å². The number of hydrogen-bond donors (Lipinski definition) is 1. The van der Waals surface area contributed by atoms with E-state index in [1.165, 1.54) is 4.52 Å². The van der Waals surface area contributed by atoms with E-state index in [-0.39, 0.29) is 5.95 Å². The molecule has 0 aliphatic rings. The van der Waals surface area contributed by atoms with Crippen LogP contribution in [0.3, 0.4) is 0 Å². The van der Waals surface area contributed by atoms with Crippen LogP contribution in [0, 0.1) is 0 Å².